The lowest BCUT2D eigenvalue weighted by Gasteiger charge is -1.97. The molecule has 0 heterocycles. The molecule has 3 N–H and O–H groups in total. The number of nitrogens with zero attached hydrogens (tertiary/aromatic N) is 1. The summed E-state index contributed by atoms with van der Waals surface area (Å²) < 4.78 is 12.5. The number of carboxylic acid groups (broad SMARTS) is 1. The lowest BCUT2D eigenvalue weighted by atomic mass is 10.2. The zero-order chi connectivity index (χ0) is 11.0. The van der Waals surface area contributed by atoms with E-state index in [0.717, 1.165) is 0 Å². The standard InChI is InChI=1S/C9H15FN2O2.2ClH/c1-7(11)12-6-4-2-3-5-8(10)9(13)14;;/h2,4,8H,3,5-6H2,1H3,(H2,11,12)(H,13,14);2*1H. The highest BCUT2D eigenvalue weighted by atomic mass is 35.5. The van der Waals surface area contributed by atoms with Crippen LogP contribution in [0.5, 0.6) is 0 Å². The molecule has 0 radical (unpaired) electrons. The van der Waals surface area contributed by atoms with Gasteiger partial charge >= 0.3 is 5.97 Å². The van der Waals surface area contributed by atoms with Gasteiger partial charge in [-0.3, -0.25) is 4.99 Å². The Bertz CT molecular complexity index is 244. The fourth-order valence-electron chi connectivity index (χ4n) is 0.755. The Hall–Kier alpha value is -0.810. The summed E-state index contributed by atoms with van der Waals surface area (Å²) in [6.07, 6.45) is 2.04. The average Bonchev–Trinajstić information content (AvgIpc) is 2.09. The number of rotatable bonds is 6. The predicted octanol–water partition coefficient (Wildman–Crippen LogP) is 1.97. The van der Waals surface area contributed by atoms with Gasteiger partial charge in [-0.15, -0.1) is 24.8 Å². The SMILES string of the molecule is CC(N)=NCC=CCCC(F)C(=O)O.Cl.Cl. The molecule has 0 aliphatic rings. The Balaban J connectivity index is -0.000000845. The normalized spacial score (nSPS) is 12.8. The first-order valence-electron chi connectivity index (χ1n) is 4.32. The lowest BCUT2D eigenvalue weighted by molar-refractivity contribution is -0.142. The van der Waals surface area contributed by atoms with Crippen LogP contribution < -0.4 is 5.73 Å². The molecular weight excluding hydrogens is 258 g/mol. The number of alkyl halides is 1. The second kappa shape index (κ2) is 12.3. The molecule has 1 unspecified atom stereocenters. The van der Waals surface area contributed by atoms with Gasteiger partial charge in [0.15, 0.2) is 6.17 Å². The molecule has 1 atom stereocenters. The number of carbonyl (C=O) groups is 1. The van der Waals surface area contributed by atoms with Gasteiger partial charge in [-0.1, -0.05) is 12.2 Å². The minimum atomic E-state index is -1.78. The van der Waals surface area contributed by atoms with E-state index in [0.29, 0.717) is 18.8 Å². The minimum Gasteiger partial charge on any atom is -0.479 e. The second-order valence-electron chi connectivity index (χ2n) is 2.84. The molecule has 0 spiro atoms. The van der Waals surface area contributed by atoms with Crippen molar-refractivity contribution in [2.24, 2.45) is 10.7 Å². The number of aliphatic carboxylic acids is 1. The van der Waals surface area contributed by atoms with Crippen molar-refractivity contribution in [3.05, 3.63) is 12.2 Å². The first-order valence-corrected chi connectivity index (χ1v) is 4.32. The summed E-state index contributed by atoms with van der Waals surface area (Å²) in [6, 6.07) is 0. The van der Waals surface area contributed by atoms with E-state index in [1.807, 2.05) is 0 Å². The fourth-order valence-corrected chi connectivity index (χ4v) is 0.755. The molecule has 0 fully saturated rings. The monoisotopic (exact) mass is 274 g/mol. The van der Waals surface area contributed by atoms with Gasteiger partial charge < -0.3 is 10.8 Å². The van der Waals surface area contributed by atoms with Gasteiger partial charge in [-0.2, -0.15) is 0 Å². The maximum Gasteiger partial charge on any atom is 0.338 e. The molecule has 7 heteroatoms. The van der Waals surface area contributed by atoms with Crippen LogP contribution in [-0.4, -0.2) is 29.6 Å². The highest BCUT2D eigenvalue weighted by Gasteiger charge is 2.13. The van der Waals surface area contributed by atoms with Crippen LogP contribution in [0.4, 0.5) is 4.39 Å². The van der Waals surface area contributed by atoms with Crippen molar-refractivity contribution < 1.29 is 14.3 Å². The Labute approximate surface area is 107 Å². The number of allylic oxidation sites excluding steroid dienone is 1. The van der Waals surface area contributed by atoms with E-state index in [2.05, 4.69) is 4.99 Å². The van der Waals surface area contributed by atoms with E-state index in [4.69, 9.17) is 10.8 Å². The second-order valence-corrected chi connectivity index (χ2v) is 2.84. The van der Waals surface area contributed by atoms with Gasteiger partial charge in [-0.25, -0.2) is 9.18 Å². The Morgan fingerprint density at radius 2 is 2.06 bits per heavy atom. The molecule has 0 aliphatic carbocycles. The van der Waals surface area contributed by atoms with Crippen LogP contribution in [0.3, 0.4) is 0 Å². The summed E-state index contributed by atoms with van der Waals surface area (Å²) in [4.78, 5) is 13.9. The van der Waals surface area contributed by atoms with Gasteiger partial charge in [-0.05, 0) is 19.8 Å². The largest absolute Gasteiger partial charge is 0.479 e. The van der Waals surface area contributed by atoms with Gasteiger partial charge in [0.05, 0.1) is 12.4 Å². The Morgan fingerprint density at radius 1 is 1.50 bits per heavy atom. The molecule has 0 bridgehead atoms. The number of hydrogen-bond donors (Lipinski definition) is 2. The summed E-state index contributed by atoms with van der Waals surface area (Å²) >= 11 is 0. The summed E-state index contributed by atoms with van der Waals surface area (Å²) in [5, 5.41) is 8.22. The van der Waals surface area contributed by atoms with Crippen molar-refractivity contribution in [3.8, 4) is 0 Å². The predicted molar refractivity (Wildman–Crippen MR) is 67.6 cm³/mol. The third-order valence-corrected chi connectivity index (χ3v) is 1.47. The van der Waals surface area contributed by atoms with E-state index in [9.17, 15) is 9.18 Å². The molecule has 0 saturated heterocycles. The molecule has 0 amide bonds. The number of aliphatic imine (C=N–C) groups is 1. The zero-order valence-electron chi connectivity index (χ0n) is 8.93. The quantitative estimate of drug-likeness (QED) is 0.442. The molecule has 96 valence electrons. The van der Waals surface area contributed by atoms with Crippen LogP contribution in [0.1, 0.15) is 19.8 Å². The number of hydrogen-bond acceptors (Lipinski definition) is 2. The van der Waals surface area contributed by atoms with E-state index in [1.165, 1.54) is 0 Å². The molecule has 0 aromatic carbocycles. The molecule has 16 heavy (non-hydrogen) atoms. The molecular formula is C9H17Cl2FN2O2. The number of halogens is 3. The topological polar surface area (TPSA) is 75.7 Å². The highest BCUT2D eigenvalue weighted by molar-refractivity contribution is 5.85. The van der Waals surface area contributed by atoms with Gasteiger partial charge in [0, 0.05) is 0 Å². The third kappa shape index (κ3) is 13.2. The summed E-state index contributed by atoms with van der Waals surface area (Å²) in [6.45, 7) is 2.13. The summed E-state index contributed by atoms with van der Waals surface area (Å²) in [7, 11) is 0. The van der Waals surface area contributed by atoms with Gasteiger partial charge in [0.1, 0.15) is 0 Å². The Kier molecular flexibility index (Phi) is 15.8. The van der Waals surface area contributed by atoms with Crippen LogP contribution in [0.25, 0.3) is 0 Å². The smallest absolute Gasteiger partial charge is 0.338 e. The molecule has 0 aromatic rings. The third-order valence-electron chi connectivity index (χ3n) is 1.47. The van der Waals surface area contributed by atoms with Crippen molar-refractivity contribution in [1.29, 1.82) is 0 Å². The van der Waals surface area contributed by atoms with Crippen molar-refractivity contribution in [1.82, 2.24) is 0 Å². The first kappa shape index (κ1) is 20.6. The van der Waals surface area contributed by atoms with Crippen molar-refractivity contribution >= 4 is 36.6 Å². The van der Waals surface area contributed by atoms with Crippen molar-refractivity contribution in [2.45, 2.75) is 25.9 Å². The molecule has 0 aromatic heterocycles. The summed E-state index contributed by atoms with van der Waals surface area (Å²) in [5.41, 5.74) is 5.27. The number of nitrogens with two attached hydrogens (primary N) is 1. The van der Waals surface area contributed by atoms with Crippen LogP contribution in [0.15, 0.2) is 17.1 Å². The van der Waals surface area contributed by atoms with E-state index in [1.54, 1.807) is 19.1 Å². The summed E-state index contributed by atoms with van der Waals surface area (Å²) in [5.74, 6) is -0.919. The average molecular weight is 275 g/mol. The van der Waals surface area contributed by atoms with Crippen LogP contribution in [0.2, 0.25) is 0 Å². The van der Waals surface area contributed by atoms with E-state index < -0.39 is 12.1 Å². The minimum absolute atomic E-state index is 0. The number of amidine groups is 1. The van der Waals surface area contributed by atoms with Crippen LogP contribution in [-0.2, 0) is 4.79 Å². The van der Waals surface area contributed by atoms with Gasteiger partial charge in [0.2, 0.25) is 0 Å². The maximum absolute atomic E-state index is 12.5. The van der Waals surface area contributed by atoms with Crippen molar-refractivity contribution in [2.75, 3.05) is 6.54 Å². The van der Waals surface area contributed by atoms with Gasteiger partial charge in [0.25, 0.3) is 0 Å². The number of carboxylic acids is 1. The highest BCUT2D eigenvalue weighted by Crippen LogP contribution is 2.02. The lowest BCUT2D eigenvalue weighted by Crippen LogP contribution is -2.13. The van der Waals surface area contributed by atoms with Crippen LogP contribution >= 0.6 is 24.8 Å². The molecule has 4 nitrogen and oxygen atoms in total. The molecule has 0 aliphatic heterocycles. The maximum atomic E-state index is 12.5. The zero-order valence-corrected chi connectivity index (χ0v) is 10.6. The molecule has 0 saturated carbocycles. The Morgan fingerprint density at radius 3 is 2.50 bits per heavy atom. The van der Waals surface area contributed by atoms with E-state index in [-0.39, 0.29) is 31.2 Å². The molecule has 0 rings (SSSR count). The first-order chi connectivity index (χ1) is 6.54. The fraction of sp³-hybridized carbons (Fsp3) is 0.556. The van der Waals surface area contributed by atoms with Crippen LogP contribution in [0, 0.1) is 0 Å². The van der Waals surface area contributed by atoms with E-state index >= 15 is 0 Å². The van der Waals surface area contributed by atoms with Crippen molar-refractivity contribution in [3.63, 3.8) is 0 Å².